The van der Waals surface area contributed by atoms with Crippen molar-refractivity contribution >= 4 is 17.8 Å². The van der Waals surface area contributed by atoms with E-state index >= 15 is 0 Å². The molecule has 10 nitrogen and oxygen atoms in total. The molecule has 3 N–H and O–H groups in total. The number of nitrogens with one attached hydrogen (secondary N) is 3. The molecule has 3 fully saturated rings. The third-order valence-electron chi connectivity index (χ3n) is 5.95. The number of hydrogen-bond donors (Lipinski definition) is 3. The molecule has 2 aliphatic heterocycles. The molecule has 4 rings (SSSR count). The van der Waals surface area contributed by atoms with Crippen LogP contribution in [-0.4, -0.2) is 81.4 Å². The number of urea groups is 1. The highest BCUT2D eigenvalue weighted by molar-refractivity contribution is 5.90. The quantitative estimate of drug-likeness (QED) is 0.579. The van der Waals surface area contributed by atoms with Gasteiger partial charge in [-0.3, -0.25) is 14.5 Å². The zero-order valence-electron chi connectivity index (χ0n) is 18.1. The zero-order valence-corrected chi connectivity index (χ0v) is 18.1. The molecule has 0 aromatic carbocycles. The normalized spacial score (nSPS) is 26.4. The van der Waals surface area contributed by atoms with Crippen LogP contribution >= 0.6 is 0 Å². The Labute approximate surface area is 182 Å². The molecule has 3 heterocycles. The average Bonchev–Trinajstić information content (AvgIpc) is 3.50. The van der Waals surface area contributed by atoms with Gasteiger partial charge in [0, 0.05) is 62.1 Å². The van der Waals surface area contributed by atoms with Crippen molar-refractivity contribution in [3.63, 3.8) is 0 Å². The van der Waals surface area contributed by atoms with Crippen molar-refractivity contribution in [2.45, 2.75) is 63.8 Å². The van der Waals surface area contributed by atoms with Gasteiger partial charge >= 0.3 is 6.03 Å². The van der Waals surface area contributed by atoms with E-state index in [0.717, 1.165) is 18.4 Å². The van der Waals surface area contributed by atoms with Gasteiger partial charge in [-0.2, -0.15) is 0 Å². The lowest BCUT2D eigenvalue weighted by Gasteiger charge is -2.25. The molecule has 10 heteroatoms. The number of carbonyl (C=O) groups excluding carboxylic acids is 3. The topological polar surface area (TPSA) is 120 Å². The lowest BCUT2D eigenvalue weighted by molar-refractivity contribution is -0.136. The maximum Gasteiger partial charge on any atom is 0.315 e. The van der Waals surface area contributed by atoms with Crippen LogP contribution < -0.4 is 16.0 Å². The maximum atomic E-state index is 13.3. The molecule has 3 atom stereocenters. The summed E-state index contributed by atoms with van der Waals surface area (Å²) in [6, 6.07) is -0.913. The van der Waals surface area contributed by atoms with Crippen LogP contribution in [0.4, 0.5) is 4.79 Å². The van der Waals surface area contributed by atoms with E-state index in [1.807, 2.05) is 18.7 Å². The largest absolute Gasteiger partial charge is 0.343 e. The number of hydrogen-bond acceptors (Lipinski definition) is 6. The van der Waals surface area contributed by atoms with Gasteiger partial charge in [-0.25, -0.2) is 14.8 Å². The van der Waals surface area contributed by atoms with E-state index in [1.165, 1.54) is 6.33 Å². The molecule has 1 aromatic rings. The molecule has 3 aliphatic rings. The van der Waals surface area contributed by atoms with Gasteiger partial charge in [0.2, 0.25) is 11.8 Å². The lowest BCUT2D eigenvalue weighted by atomic mass is 10.1. The summed E-state index contributed by atoms with van der Waals surface area (Å²) in [5, 5.41) is 8.80. The molecule has 0 unspecified atom stereocenters. The Morgan fingerprint density at radius 2 is 1.87 bits per heavy atom. The van der Waals surface area contributed by atoms with E-state index in [9.17, 15) is 14.4 Å². The molecule has 1 aliphatic carbocycles. The SMILES string of the molecule is CC(C)NC(=O)N[C@H]1C[C@H]2CN(Cc3cncnc3)C[C@H](NC(=O)C3CC3)C(=O)N2C1. The highest BCUT2D eigenvalue weighted by Gasteiger charge is 2.44. The van der Waals surface area contributed by atoms with Crippen LogP contribution in [-0.2, 0) is 16.1 Å². The first-order valence-corrected chi connectivity index (χ1v) is 11.0. The van der Waals surface area contributed by atoms with Gasteiger partial charge in [0.1, 0.15) is 12.4 Å². The molecule has 1 aromatic heterocycles. The minimum atomic E-state index is -0.592. The van der Waals surface area contributed by atoms with E-state index in [1.54, 1.807) is 12.4 Å². The van der Waals surface area contributed by atoms with Crippen molar-refractivity contribution in [3.05, 3.63) is 24.3 Å². The summed E-state index contributed by atoms with van der Waals surface area (Å²) in [6.07, 6.45) is 7.49. The van der Waals surface area contributed by atoms with E-state index in [-0.39, 0.29) is 41.9 Å². The van der Waals surface area contributed by atoms with Gasteiger partial charge in [0.25, 0.3) is 0 Å². The standard InChI is InChI=1S/C21H31N7O3/c1-13(2)24-21(31)25-16-5-17-10-27(8-14-6-22-12-23-7-14)11-18(20(30)28(17)9-16)26-19(29)15-3-4-15/h6-7,12-13,15-18H,3-5,8-11H2,1-2H3,(H,26,29)(H2,24,25,31)/t16-,17-,18-/m0/s1. The summed E-state index contributed by atoms with van der Waals surface area (Å²) >= 11 is 0. The van der Waals surface area contributed by atoms with Crippen molar-refractivity contribution in [3.8, 4) is 0 Å². The number of carbonyl (C=O) groups is 3. The summed E-state index contributed by atoms with van der Waals surface area (Å²) in [7, 11) is 0. The highest BCUT2D eigenvalue weighted by atomic mass is 16.2. The Morgan fingerprint density at radius 3 is 2.55 bits per heavy atom. The predicted molar refractivity (Wildman–Crippen MR) is 113 cm³/mol. The minimum Gasteiger partial charge on any atom is -0.343 e. The number of nitrogens with zero attached hydrogens (tertiary/aromatic N) is 4. The summed E-state index contributed by atoms with van der Waals surface area (Å²) < 4.78 is 0. The molecule has 0 bridgehead atoms. The third kappa shape index (κ3) is 5.49. The van der Waals surface area contributed by atoms with Gasteiger partial charge in [0.05, 0.1) is 6.04 Å². The van der Waals surface area contributed by atoms with Crippen LogP contribution in [0.2, 0.25) is 0 Å². The first-order chi connectivity index (χ1) is 14.9. The van der Waals surface area contributed by atoms with Crippen LogP contribution in [0.1, 0.15) is 38.7 Å². The molecule has 168 valence electrons. The van der Waals surface area contributed by atoms with Crippen LogP contribution in [0.25, 0.3) is 0 Å². The fraction of sp³-hybridized carbons (Fsp3) is 0.667. The number of aromatic nitrogens is 2. The van der Waals surface area contributed by atoms with E-state index in [2.05, 4.69) is 30.8 Å². The first kappa shape index (κ1) is 21.5. The number of fused-ring (bicyclic) bond motifs is 1. The van der Waals surface area contributed by atoms with Crippen LogP contribution in [0.5, 0.6) is 0 Å². The van der Waals surface area contributed by atoms with Crippen LogP contribution in [0.15, 0.2) is 18.7 Å². The van der Waals surface area contributed by atoms with E-state index in [4.69, 9.17) is 0 Å². The Kier molecular flexibility index (Phi) is 6.35. The van der Waals surface area contributed by atoms with Crippen molar-refractivity contribution in [1.29, 1.82) is 0 Å². The summed E-state index contributed by atoms with van der Waals surface area (Å²) in [5.41, 5.74) is 0.958. The summed E-state index contributed by atoms with van der Waals surface area (Å²) in [4.78, 5) is 50.1. The predicted octanol–water partition coefficient (Wildman–Crippen LogP) is -0.136. The molecule has 0 spiro atoms. The second-order valence-electron chi connectivity index (χ2n) is 9.13. The molecular weight excluding hydrogens is 398 g/mol. The average molecular weight is 430 g/mol. The molecule has 4 amide bonds. The van der Waals surface area contributed by atoms with Gasteiger partial charge in [-0.1, -0.05) is 0 Å². The number of rotatable bonds is 6. The molecule has 0 radical (unpaired) electrons. The zero-order chi connectivity index (χ0) is 22.0. The Hall–Kier alpha value is -2.75. The highest BCUT2D eigenvalue weighted by Crippen LogP contribution is 2.30. The second-order valence-corrected chi connectivity index (χ2v) is 9.13. The minimum absolute atomic E-state index is 0.0238. The van der Waals surface area contributed by atoms with Crippen molar-refractivity contribution < 1.29 is 14.4 Å². The third-order valence-corrected chi connectivity index (χ3v) is 5.95. The second kappa shape index (κ2) is 9.17. The van der Waals surface area contributed by atoms with Gasteiger partial charge in [-0.05, 0) is 33.1 Å². The van der Waals surface area contributed by atoms with Crippen molar-refractivity contribution in [1.82, 2.24) is 35.7 Å². The Morgan fingerprint density at radius 1 is 1.13 bits per heavy atom. The first-order valence-electron chi connectivity index (χ1n) is 11.0. The van der Waals surface area contributed by atoms with Gasteiger partial charge in [-0.15, -0.1) is 0 Å². The molecule has 1 saturated carbocycles. The van der Waals surface area contributed by atoms with Crippen LogP contribution in [0.3, 0.4) is 0 Å². The Bertz CT molecular complexity index is 814. The van der Waals surface area contributed by atoms with E-state index in [0.29, 0.717) is 32.6 Å². The smallest absolute Gasteiger partial charge is 0.315 e. The van der Waals surface area contributed by atoms with Gasteiger partial charge < -0.3 is 20.9 Å². The number of amides is 4. The summed E-state index contributed by atoms with van der Waals surface area (Å²) in [5.74, 6) is -0.0695. The molecule has 2 saturated heterocycles. The van der Waals surface area contributed by atoms with Gasteiger partial charge in [0.15, 0.2) is 0 Å². The monoisotopic (exact) mass is 429 g/mol. The lowest BCUT2D eigenvalue weighted by Crippen LogP contribution is -2.52. The van der Waals surface area contributed by atoms with Crippen molar-refractivity contribution in [2.75, 3.05) is 19.6 Å². The molecule has 31 heavy (non-hydrogen) atoms. The maximum absolute atomic E-state index is 13.3. The fourth-order valence-corrected chi connectivity index (χ4v) is 4.40. The summed E-state index contributed by atoms with van der Waals surface area (Å²) in [6.45, 7) is 5.98. The van der Waals surface area contributed by atoms with Crippen LogP contribution in [0, 0.1) is 5.92 Å². The van der Waals surface area contributed by atoms with E-state index < -0.39 is 6.04 Å². The van der Waals surface area contributed by atoms with Crippen molar-refractivity contribution in [2.24, 2.45) is 5.92 Å². The fourth-order valence-electron chi connectivity index (χ4n) is 4.40. The Balaban J connectivity index is 1.47. The molecular formula is C21H31N7O3.